The number of rotatable bonds is 5. The van der Waals surface area contributed by atoms with Gasteiger partial charge in [-0.2, -0.15) is 0 Å². The number of sulfone groups is 1. The van der Waals surface area contributed by atoms with E-state index in [9.17, 15) is 23.1 Å². The summed E-state index contributed by atoms with van der Waals surface area (Å²) in [4.78, 5) is 22.4. The summed E-state index contributed by atoms with van der Waals surface area (Å²) in [6.45, 7) is 0. The predicted octanol–water partition coefficient (Wildman–Crippen LogP) is 2.70. The third-order valence-electron chi connectivity index (χ3n) is 4.30. The Kier molecular flexibility index (Phi) is 5.52. The molecule has 1 aliphatic rings. The predicted molar refractivity (Wildman–Crippen MR) is 99.3 cm³/mol. The Balaban J connectivity index is 1.81. The maximum atomic E-state index is 12.3. The van der Waals surface area contributed by atoms with Crippen molar-refractivity contribution < 1.29 is 32.6 Å². The maximum Gasteiger partial charge on any atom is 0.319 e. The molecule has 28 heavy (non-hydrogen) atoms. The van der Waals surface area contributed by atoms with Gasteiger partial charge in [0.1, 0.15) is 10.7 Å². The molecule has 1 aromatic heterocycles. The monoisotopic (exact) mass is 428 g/mol. The number of hydrogen-bond acceptors (Lipinski definition) is 6. The molecule has 1 unspecified atom stereocenters. The standard InChI is InChI=1S/C17H17ClN2O7S/c18-10-4-5-11(14(23)16(10)28(25,26)8-13(21)22)19-17(24)20-12-3-1-2-9-6-7-27-15(9)12/h4-7,12,23H,1-3,8H2,(H,21,22)(H2,19,20,24). The molecule has 9 nitrogen and oxygen atoms in total. The Bertz CT molecular complexity index is 1030. The van der Waals surface area contributed by atoms with E-state index in [2.05, 4.69) is 10.6 Å². The number of aromatic hydroxyl groups is 1. The number of halogens is 1. The highest BCUT2D eigenvalue weighted by molar-refractivity contribution is 7.92. The Morgan fingerprint density at radius 3 is 2.75 bits per heavy atom. The van der Waals surface area contributed by atoms with Gasteiger partial charge in [-0.15, -0.1) is 0 Å². The molecule has 0 aliphatic heterocycles. The molecule has 1 heterocycles. The summed E-state index contributed by atoms with van der Waals surface area (Å²) in [5.41, 5.74) is 0.786. The Morgan fingerprint density at radius 2 is 2.04 bits per heavy atom. The van der Waals surface area contributed by atoms with Gasteiger partial charge in [-0.3, -0.25) is 4.79 Å². The number of carboxylic acids is 1. The van der Waals surface area contributed by atoms with Gasteiger partial charge in [-0.1, -0.05) is 11.6 Å². The van der Waals surface area contributed by atoms with Crippen molar-refractivity contribution in [1.29, 1.82) is 0 Å². The molecule has 0 fully saturated rings. The van der Waals surface area contributed by atoms with Crippen molar-refractivity contribution in [1.82, 2.24) is 5.32 Å². The Hall–Kier alpha value is -2.72. The van der Waals surface area contributed by atoms with Gasteiger partial charge in [-0.05, 0) is 43.0 Å². The molecule has 0 radical (unpaired) electrons. The maximum absolute atomic E-state index is 12.3. The minimum Gasteiger partial charge on any atom is -0.504 e. The van der Waals surface area contributed by atoms with Crippen molar-refractivity contribution in [2.45, 2.75) is 30.2 Å². The molecular weight excluding hydrogens is 412 g/mol. The summed E-state index contributed by atoms with van der Waals surface area (Å²) in [6.07, 6.45) is 3.93. The first-order valence-corrected chi connectivity index (χ1v) is 10.3. The number of amides is 2. The smallest absolute Gasteiger partial charge is 0.319 e. The number of carboxylic acid groups (broad SMARTS) is 1. The first kappa shape index (κ1) is 20.0. The minimum absolute atomic E-state index is 0.221. The number of carbonyl (C=O) groups excluding carboxylic acids is 1. The molecule has 1 aromatic carbocycles. The van der Waals surface area contributed by atoms with Crippen molar-refractivity contribution in [2.75, 3.05) is 11.1 Å². The molecule has 2 amide bonds. The van der Waals surface area contributed by atoms with E-state index < -0.39 is 38.2 Å². The zero-order chi connectivity index (χ0) is 20.5. The number of fused-ring (bicyclic) bond motifs is 1. The molecule has 3 rings (SSSR count). The van der Waals surface area contributed by atoms with E-state index in [-0.39, 0.29) is 16.8 Å². The second kappa shape index (κ2) is 7.72. The lowest BCUT2D eigenvalue weighted by Gasteiger charge is -2.22. The van der Waals surface area contributed by atoms with Crippen LogP contribution in [0, 0.1) is 0 Å². The van der Waals surface area contributed by atoms with E-state index in [1.54, 1.807) is 6.26 Å². The van der Waals surface area contributed by atoms with Crippen LogP contribution in [-0.4, -0.2) is 36.4 Å². The molecule has 1 atom stereocenters. The highest BCUT2D eigenvalue weighted by Crippen LogP contribution is 2.37. The topological polar surface area (TPSA) is 146 Å². The van der Waals surface area contributed by atoms with Gasteiger partial charge in [0.2, 0.25) is 0 Å². The van der Waals surface area contributed by atoms with Crippen LogP contribution >= 0.6 is 11.6 Å². The van der Waals surface area contributed by atoms with Crippen molar-refractivity contribution >= 4 is 39.1 Å². The fraction of sp³-hybridized carbons (Fsp3) is 0.294. The number of benzene rings is 1. The van der Waals surface area contributed by atoms with E-state index >= 15 is 0 Å². The summed E-state index contributed by atoms with van der Waals surface area (Å²) in [6, 6.07) is 3.16. The highest BCUT2D eigenvalue weighted by atomic mass is 35.5. The lowest BCUT2D eigenvalue weighted by Crippen LogP contribution is -2.34. The SMILES string of the molecule is O=C(O)CS(=O)(=O)c1c(Cl)ccc(NC(=O)NC2CCCc3ccoc32)c1O. The van der Waals surface area contributed by atoms with Crippen LogP contribution in [-0.2, 0) is 21.1 Å². The van der Waals surface area contributed by atoms with Crippen LogP contribution in [0.15, 0.2) is 33.8 Å². The lowest BCUT2D eigenvalue weighted by molar-refractivity contribution is -0.134. The second-order valence-corrected chi connectivity index (χ2v) is 8.61. The summed E-state index contributed by atoms with van der Waals surface area (Å²) < 4.78 is 29.8. The molecule has 0 saturated heterocycles. The molecule has 1 aliphatic carbocycles. The number of aliphatic carboxylic acids is 1. The molecule has 0 spiro atoms. The van der Waals surface area contributed by atoms with Crippen LogP contribution in [0.2, 0.25) is 5.02 Å². The number of furan rings is 1. The van der Waals surface area contributed by atoms with Crippen LogP contribution in [0.4, 0.5) is 10.5 Å². The summed E-state index contributed by atoms with van der Waals surface area (Å²) in [5.74, 6) is -3.02. The van der Waals surface area contributed by atoms with Gasteiger partial charge in [0.05, 0.1) is 23.0 Å². The fourth-order valence-corrected chi connectivity index (χ4v) is 4.86. The molecule has 0 saturated carbocycles. The first-order chi connectivity index (χ1) is 13.2. The van der Waals surface area contributed by atoms with Gasteiger partial charge in [0, 0.05) is 0 Å². The normalized spacial score (nSPS) is 16.2. The molecule has 11 heteroatoms. The van der Waals surface area contributed by atoms with E-state index in [0.717, 1.165) is 24.5 Å². The number of phenolic OH excluding ortho intramolecular Hbond substituents is 1. The zero-order valence-corrected chi connectivity index (χ0v) is 16.0. The molecule has 0 bridgehead atoms. The van der Waals surface area contributed by atoms with E-state index in [1.807, 2.05) is 6.07 Å². The zero-order valence-electron chi connectivity index (χ0n) is 14.4. The van der Waals surface area contributed by atoms with Crippen LogP contribution < -0.4 is 10.6 Å². The van der Waals surface area contributed by atoms with Crippen LogP contribution in [0.3, 0.4) is 0 Å². The van der Waals surface area contributed by atoms with Gasteiger partial charge >= 0.3 is 12.0 Å². The molecule has 4 N–H and O–H groups in total. The fourth-order valence-electron chi connectivity index (χ4n) is 3.12. The van der Waals surface area contributed by atoms with Gasteiger partial charge in [0.15, 0.2) is 21.3 Å². The number of hydrogen-bond donors (Lipinski definition) is 4. The third kappa shape index (κ3) is 4.07. The number of urea groups is 1. The summed E-state index contributed by atoms with van der Waals surface area (Å²) in [7, 11) is -4.41. The molecule has 150 valence electrons. The van der Waals surface area contributed by atoms with Gasteiger partial charge in [0.25, 0.3) is 0 Å². The van der Waals surface area contributed by atoms with Crippen molar-refractivity contribution in [3.8, 4) is 5.75 Å². The van der Waals surface area contributed by atoms with Crippen molar-refractivity contribution in [2.24, 2.45) is 0 Å². The van der Waals surface area contributed by atoms with Crippen LogP contribution in [0.5, 0.6) is 5.75 Å². The quantitative estimate of drug-likeness (QED) is 0.535. The number of anilines is 1. The molecule has 2 aromatic rings. The Labute approximate surface area is 165 Å². The van der Waals surface area contributed by atoms with Crippen molar-refractivity contribution in [3.05, 3.63) is 40.8 Å². The van der Waals surface area contributed by atoms with Crippen molar-refractivity contribution in [3.63, 3.8) is 0 Å². The minimum atomic E-state index is -4.41. The van der Waals surface area contributed by atoms with Crippen LogP contribution in [0.25, 0.3) is 0 Å². The van der Waals surface area contributed by atoms with Gasteiger partial charge < -0.3 is 25.3 Å². The first-order valence-electron chi connectivity index (χ1n) is 8.29. The summed E-state index contributed by atoms with van der Waals surface area (Å²) >= 11 is 5.83. The number of nitrogens with one attached hydrogen (secondary N) is 2. The average Bonchev–Trinajstić information content (AvgIpc) is 3.06. The average molecular weight is 429 g/mol. The number of carbonyl (C=O) groups is 2. The van der Waals surface area contributed by atoms with Gasteiger partial charge in [-0.25, -0.2) is 13.2 Å². The Morgan fingerprint density at radius 1 is 1.29 bits per heavy atom. The lowest BCUT2D eigenvalue weighted by atomic mass is 9.94. The largest absolute Gasteiger partial charge is 0.504 e. The number of phenols is 1. The number of aryl methyl sites for hydroxylation is 1. The van der Waals surface area contributed by atoms with E-state index in [4.69, 9.17) is 21.1 Å². The second-order valence-electron chi connectivity index (χ2n) is 6.28. The van der Waals surface area contributed by atoms with Crippen LogP contribution in [0.1, 0.15) is 30.2 Å². The third-order valence-corrected chi connectivity index (χ3v) is 6.39. The highest BCUT2D eigenvalue weighted by Gasteiger charge is 2.29. The summed E-state index contributed by atoms with van der Waals surface area (Å²) in [5, 5.41) is 23.8. The van der Waals surface area contributed by atoms with E-state index in [1.165, 1.54) is 6.07 Å². The molecular formula is C17H17ClN2O7S. The van der Waals surface area contributed by atoms with E-state index in [0.29, 0.717) is 12.2 Å².